The normalized spacial score (nSPS) is 12.1. The number of benzene rings is 1. The molecular formula is C13H17NO4. The second kappa shape index (κ2) is 5.53. The zero-order valence-corrected chi connectivity index (χ0v) is 11.0. The monoisotopic (exact) mass is 251 g/mol. The highest BCUT2D eigenvalue weighted by molar-refractivity contribution is 5.76. The van der Waals surface area contributed by atoms with Crippen LogP contribution in [-0.2, 0) is 4.74 Å². The van der Waals surface area contributed by atoms with Crippen LogP contribution in [0.2, 0.25) is 0 Å². The molecule has 0 spiro atoms. The number of carbonyl (C=O) groups excluding carboxylic acids is 1. The van der Waals surface area contributed by atoms with Crippen molar-refractivity contribution in [3.63, 3.8) is 0 Å². The molecule has 1 rings (SSSR count). The van der Waals surface area contributed by atoms with Crippen molar-refractivity contribution in [2.45, 2.75) is 26.4 Å². The van der Waals surface area contributed by atoms with Crippen molar-refractivity contribution < 1.29 is 19.0 Å². The van der Waals surface area contributed by atoms with Crippen LogP contribution in [0.5, 0.6) is 5.75 Å². The number of carbonyl (C=O) groups is 1. The van der Waals surface area contributed by atoms with Crippen molar-refractivity contribution in [1.82, 2.24) is 0 Å². The average molecular weight is 251 g/mol. The Bertz CT molecular complexity index is 439. The van der Waals surface area contributed by atoms with Crippen LogP contribution in [0, 0.1) is 5.21 Å². The van der Waals surface area contributed by atoms with Crippen LogP contribution in [0.4, 0.5) is 4.79 Å². The predicted octanol–water partition coefficient (Wildman–Crippen LogP) is 2.56. The van der Waals surface area contributed by atoms with Crippen molar-refractivity contribution >= 4 is 12.4 Å². The highest BCUT2D eigenvalue weighted by atomic mass is 16.7. The van der Waals surface area contributed by atoms with E-state index < -0.39 is 11.8 Å². The molecule has 0 unspecified atom stereocenters. The molecule has 1 aromatic rings. The maximum Gasteiger partial charge on any atom is 0.514 e. The summed E-state index contributed by atoms with van der Waals surface area (Å²) in [4.78, 5) is 11.4. The minimum absolute atomic E-state index is 0.370. The van der Waals surface area contributed by atoms with E-state index in [1.165, 1.54) is 13.3 Å². The quantitative estimate of drug-likeness (QED) is 0.202. The molecule has 0 radical (unpaired) electrons. The van der Waals surface area contributed by atoms with Crippen LogP contribution in [0.3, 0.4) is 0 Å². The van der Waals surface area contributed by atoms with Crippen LogP contribution in [0.15, 0.2) is 24.3 Å². The molecule has 0 saturated heterocycles. The molecule has 5 heteroatoms. The molecule has 0 N–H and O–H groups in total. The lowest BCUT2D eigenvalue weighted by Crippen LogP contribution is -2.25. The Morgan fingerprint density at radius 1 is 1.28 bits per heavy atom. The van der Waals surface area contributed by atoms with Gasteiger partial charge in [0.1, 0.15) is 18.4 Å². The smallest absolute Gasteiger partial charge is 0.514 e. The molecular weight excluding hydrogens is 234 g/mol. The van der Waals surface area contributed by atoms with Crippen molar-refractivity contribution in [2.24, 2.45) is 0 Å². The van der Waals surface area contributed by atoms with Crippen molar-refractivity contribution in [3.05, 3.63) is 35.0 Å². The van der Waals surface area contributed by atoms with Gasteiger partial charge in [-0.2, -0.15) is 0 Å². The standard InChI is InChI=1S/C13H17NO4/c1-13(2,3)18-12(15)17-11-7-5-10(6-8-11)9-14(4)16/h5-9H,1-4H3/b14-9-. The molecule has 0 amide bonds. The van der Waals surface area contributed by atoms with Crippen LogP contribution < -0.4 is 4.74 Å². The fourth-order valence-electron chi connectivity index (χ4n) is 1.20. The highest BCUT2D eigenvalue weighted by Crippen LogP contribution is 2.14. The predicted molar refractivity (Wildman–Crippen MR) is 68.0 cm³/mol. The molecule has 18 heavy (non-hydrogen) atoms. The van der Waals surface area contributed by atoms with E-state index in [-0.39, 0.29) is 0 Å². The first-order valence-electron chi connectivity index (χ1n) is 5.52. The van der Waals surface area contributed by atoms with E-state index in [9.17, 15) is 10.0 Å². The van der Waals surface area contributed by atoms with Crippen molar-refractivity contribution in [1.29, 1.82) is 0 Å². The molecule has 0 aliphatic rings. The fourth-order valence-corrected chi connectivity index (χ4v) is 1.20. The van der Waals surface area contributed by atoms with Crippen LogP contribution in [0.1, 0.15) is 26.3 Å². The first-order valence-corrected chi connectivity index (χ1v) is 5.52. The second-order valence-electron chi connectivity index (χ2n) is 4.81. The lowest BCUT2D eigenvalue weighted by Gasteiger charge is -2.18. The lowest BCUT2D eigenvalue weighted by molar-refractivity contribution is -0.416. The Morgan fingerprint density at radius 3 is 2.28 bits per heavy atom. The summed E-state index contributed by atoms with van der Waals surface area (Å²) in [6.45, 7) is 5.28. The Kier molecular flexibility index (Phi) is 4.31. The molecule has 0 atom stereocenters. The molecule has 98 valence electrons. The van der Waals surface area contributed by atoms with Gasteiger partial charge in [0.15, 0.2) is 6.21 Å². The third-order valence-corrected chi connectivity index (χ3v) is 1.80. The summed E-state index contributed by atoms with van der Waals surface area (Å²) in [6.07, 6.45) is 0.664. The van der Waals surface area contributed by atoms with Crippen molar-refractivity contribution in [3.8, 4) is 5.75 Å². The van der Waals surface area contributed by atoms with Gasteiger partial charge in [0.05, 0.1) is 0 Å². The molecule has 0 saturated carbocycles. The number of hydrogen-bond donors (Lipinski definition) is 0. The molecule has 0 aliphatic carbocycles. The van der Waals surface area contributed by atoms with E-state index >= 15 is 0 Å². The SMILES string of the molecule is C/[N+]([O-])=C/c1ccc(OC(=O)OC(C)(C)C)cc1. The Balaban J connectivity index is 2.64. The molecule has 1 aromatic carbocycles. The molecule has 0 aromatic heterocycles. The maximum absolute atomic E-state index is 11.4. The van der Waals surface area contributed by atoms with Crippen LogP contribution >= 0.6 is 0 Å². The highest BCUT2D eigenvalue weighted by Gasteiger charge is 2.17. The van der Waals surface area contributed by atoms with Gasteiger partial charge in [-0.3, -0.25) is 0 Å². The third kappa shape index (κ3) is 5.34. The first-order chi connectivity index (χ1) is 8.26. The van der Waals surface area contributed by atoms with Gasteiger partial charge in [0.25, 0.3) is 0 Å². The van der Waals surface area contributed by atoms with Gasteiger partial charge < -0.3 is 14.7 Å². The van der Waals surface area contributed by atoms with E-state index in [2.05, 4.69) is 0 Å². The summed E-state index contributed by atoms with van der Waals surface area (Å²) in [7, 11) is 1.39. The number of nitrogens with zero attached hydrogens (tertiary/aromatic N) is 1. The number of ether oxygens (including phenoxy) is 2. The van der Waals surface area contributed by atoms with E-state index in [1.807, 2.05) is 0 Å². The molecule has 0 aliphatic heterocycles. The summed E-state index contributed by atoms with van der Waals surface area (Å²) >= 11 is 0. The average Bonchev–Trinajstić information content (AvgIpc) is 2.17. The van der Waals surface area contributed by atoms with Crippen LogP contribution in [-0.4, -0.2) is 29.8 Å². The molecule has 0 bridgehead atoms. The largest absolute Gasteiger partial charge is 0.624 e. The summed E-state index contributed by atoms with van der Waals surface area (Å²) in [5, 5.41) is 10.8. The zero-order chi connectivity index (χ0) is 13.8. The van der Waals surface area contributed by atoms with Gasteiger partial charge in [0, 0.05) is 5.56 Å². The Hall–Kier alpha value is -2.04. The maximum atomic E-state index is 11.4. The van der Waals surface area contributed by atoms with Gasteiger partial charge in [-0.25, -0.2) is 9.53 Å². The topological polar surface area (TPSA) is 61.6 Å². The van der Waals surface area contributed by atoms with Crippen LogP contribution in [0.25, 0.3) is 0 Å². The zero-order valence-electron chi connectivity index (χ0n) is 11.0. The minimum Gasteiger partial charge on any atom is -0.624 e. The van der Waals surface area contributed by atoms with E-state index in [0.717, 1.165) is 5.56 Å². The van der Waals surface area contributed by atoms with Gasteiger partial charge in [-0.1, -0.05) is 0 Å². The van der Waals surface area contributed by atoms with Gasteiger partial charge in [-0.05, 0) is 45.0 Å². The summed E-state index contributed by atoms with van der Waals surface area (Å²) in [5.41, 5.74) is 0.139. The van der Waals surface area contributed by atoms with Crippen molar-refractivity contribution in [2.75, 3.05) is 7.05 Å². The summed E-state index contributed by atoms with van der Waals surface area (Å²) < 4.78 is 10.7. The van der Waals surface area contributed by atoms with E-state index in [4.69, 9.17) is 9.47 Å². The van der Waals surface area contributed by atoms with Gasteiger partial charge in [-0.15, -0.1) is 0 Å². The second-order valence-corrected chi connectivity index (χ2v) is 4.81. The third-order valence-electron chi connectivity index (χ3n) is 1.80. The molecule has 0 fully saturated rings. The lowest BCUT2D eigenvalue weighted by atomic mass is 10.2. The summed E-state index contributed by atoms with van der Waals surface area (Å²) in [6, 6.07) is 6.54. The molecule has 5 nitrogen and oxygen atoms in total. The van der Waals surface area contributed by atoms with Gasteiger partial charge in [0.2, 0.25) is 0 Å². The Labute approximate surface area is 106 Å². The minimum atomic E-state index is -0.750. The number of rotatable bonds is 2. The van der Waals surface area contributed by atoms with E-state index in [0.29, 0.717) is 10.5 Å². The Morgan fingerprint density at radius 2 is 1.83 bits per heavy atom. The van der Waals surface area contributed by atoms with Gasteiger partial charge >= 0.3 is 6.16 Å². The molecule has 0 heterocycles. The number of hydrogen-bond acceptors (Lipinski definition) is 4. The number of hydroxylamine groups is 1. The fraction of sp³-hybridized carbons (Fsp3) is 0.385. The summed E-state index contributed by atoms with van der Waals surface area (Å²) in [5.74, 6) is 0.370. The van der Waals surface area contributed by atoms with E-state index in [1.54, 1.807) is 45.0 Å². The first kappa shape index (κ1) is 14.0.